The van der Waals surface area contributed by atoms with Gasteiger partial charge in [0, 0.05) is 17.9 Å². The topological polar surface area (TPSA) is 58.6 Å². The number of hydrogen-bond donors (Lipinski definition) is 2. The Morgan fingerprint density at radius 3 is 2.68 bits per heavy atom. The molecule has 8 heteroatoms. The summed E-state index contributed by atoms with van der Waals surface area (Å²) in [6.07, 6.45) is -7.83. The summed E-state index contributed by atoms with van der Waals surface area (Å²) in [5.74, 6) is -0.922. The molecule has 1 aromatic carbocycles. The smallest absolute Gasteiger partial charge is 0.429 e. The summed E-state index contributed by atoms with van der Waals surface area (Å²) >= 11 is 3.15. The van der Waals surface area contributed by atoms with Gasteiger partial charge in [-0.25, -0.2) is 4.39 Å². The van der Waals surface area contributed by atoms with Crippen LogP contribution in [0.5, 0.6) is 5.75 Å². The lowest BCUT2D eigenvalue weighted by molar-refractivity contribution is -0.276. The number of hydrogen-bond acceptors (Lipinski definition) is 3. The van der Waals surface area contributed by atoms with Crippen molar-refractivity contribution in [3.8, 4) is 5.75 Å². The van der Waals surface area contributed by atoms with Gasteiger partial charge in [0.05, 0.1) is 0 Å². The van der Waals surface area contributed by atoms with Gasteiger partial charge in [0.25, 0.3) is 5.91 Å². The number of aliphatic hydroxyl groups excluding tert-OH is 1. The molecular weight excluding hydrogens is 331 g/mol. The highest BCUT2D eigenvalue weighted by Crippen LogP contribution is 2.27. The van der Waals surface area contributed by atoms with Crippen LogP contribution in [0, 0.1) is 0 Å². The fraction of sp³-hybridized carbons (Fsp3) is 0.364. The Balaban J connectivity index is 3.08. The van der Waals surface area contributed by atoms with Crippen LogP contribution in [-0.2, 0) is 5.33 Å². The lowest BCUT2D eigenvalue weighted by Crippen LogP contribution is -2.36. The normalized spacial score (nSPS) is 12.9. The number of aliphatic hydroxyl groups is 1. The maximum Gasteiger partial charge on any atom is 0.456 e. The van der Waals surface area contributed by atoms with Crippen molar-refractivity contribution < 1.29 is 27.8 Å². The number of rotatable bonds is 5. The molecule has 0 heterocycles. The van der Waals surface area contributed by atoms with Gasteiger partial charge in [0.15, 0.2) is 0 Å². The second-order valence-electron chi connectivity index (χ2n) is 3.53. The Kier molecular flexibility index (Phi) is 5.19. The van der Waals surface area contributed by atoms with E-state index in [4.69, 9.17) is 5.11 Å². The first-order chi connectivity index (χ1) is 8.81. The van der Waals surface area contributed by atoms with Crippen LogP contribution < -0.4 is 10.1 Å². The Morgan fingerprint density at radius 1 is 1.58 bits per heavy atom. The number of benzene rings is 1. The van der Waals surface area contributed by atoms with E-state index >= 15 is 0 Å². The number of nitrogens with one attached hydrogen (secondary N) is 1. The minimum absolute atomic E-state index is 0.112. The largest absolute Gasteiger partial charge is 0.456 e. The second kappa shape index (κ2) is 6.25. The molecule has 0 spiro atoms. The first kappa shape index (κ1) is 15.8. The summed E-state index contributed by atoms with van der Waals surface area (Å²) in [5.41, 5.74) is 0.664. The summed E-state index contributed by atoms with van der Waals surface area (Å²) in [4.78, 5) is 11.5. The van der Waals surface area contributed by atoms with E-state index in [0.29, 0.717) is 10.9 Å². The monoisotopic (exact) mass is 341 g/mol. The van der Waals surface area contributed by atoms with Crippen LogP contribution >= 0.6 is 15.9 Å². The van der Waals surface area contributed by atoms with Crippen molar-refractivity contribution >= 4 is 21.8 Å². The van der Waals surface area contributed by atoms with Crippen molar-refractivity contribution in [1.82, 2.24) is 5.32 Å². The highest BCUT2D eigenvalue weighted by atomic mass is 79.9. The third-order valence-electron chi connectivity index (χ3n) is 2.23. The third-order valence-corrected chi connectivity index (χ3v) is 2.83. The van der Waals surface area contributed by atoms with E-state index in [1.54, 1.807) is 0 Å². The summed E-state index contributed by atoms with van der Waals surface area (Å²) in [5, 5.41) is 10.9. The van der Waals surface area contributed by atoms with Crippen LogP contribution in [0.2, 0.25) is 0 Å². The molecule has 4 nitrogen and oxygen atoms in total. The van der Waals surface area contributed by atoms with Crippen molar-refractivity contribution in [3.05, 3.63) is 29.3 Å². The van der Waals surface area contributed by atoms with Gasteiger partial charge in [0.2, 0.25) is 0 Å². The zero-order valence-corrected chi connectivity index (χ0v) is 11.4. The van der Waals surface area contributed by atoms with Gasteiger partial charge >= 0.3 is 12.5 Å². The average Bonchev–Trinajstić information content (AvgIpc) is 2.37. The van der Waals surface area contributed by atoms with E-state index in [1.807, 2.05) is 0 Å². The lowest BCUT2D eigenvalue weighted by atomic mass is 10.1. The minimum Gasteiger partial charge on any atom is -0.429 e. The van der Waals surface area contributed by atoms with Crippen molar-refractivity contribution in [2.24, 2.45) is 0 Å². The first-order valence-electron chi connectivity index (χ1n) is 5.11. The van der Waals surface area contributed by atoms with E-state index < -0.39 is 24.1 Å². The van der Waals surface area contributed by atoms with Crippen molar-refractivity contribution in [1.29, 1.82) is 0 Å². The van der Waals surface area contributed by atoms with E-state index in [0.717, 1.165) is 12.1 Å². The number of carbonyl (C=O) groups is 1. The second-order valence-corrected chi connectivity index (χ2v) is 4.09. The Bertz CT molecular complexity index is 468. The van der Waals surface area contributed by atoms with Crippen LogP contribution in [0.4, 0.5) is 13.2 Å². The van der Waals surface area contributed by atoms with Gasteiger partial charge < -0.3 is 15.2 Å². The van der Waals surface area contributed by atoms with Crippen molar-refractivity contribution in [3.63, 3.8) is 0 Å². The van der Waals surface area contributed by atoms with Crippen LogP contribution in [-0.4, -0.2) is 30.5 Å². The standard InChI is InChI=1S/C11H11BrF3NO3/c1-16-9(17)8-4-7(3-2-6(8)5-12)19-11(14,15)10(13)18/h2-4,10,18H,5H2,1H3,(H,16,17). The maximum absolute atomic E-state index is 12.9. The lowest BCUT2D eigenvalue weighted by Gasteiger charge is -2.18. The molecule has 0 aliphatic rings. The van der Waals surface area contributed by atoms with Gasteiger partial charge in [-0.15, -0.1) is 0 Å². The highest BCUT2D eigenvalue weighted by molar-refractivity contribution is 9.08. The van der Waals surface area contributed by atoms with Gasteiger partial charge in [-0.1, -0.05) is 22.0 Å². The van der Waals surface area contributed by atoms with E-state index in [9.17, 15) is 18.0 Å². The molecule has 1 unspecified atom stereocenters. The fourth-order valence-corrected chi connectivity index (χ4v) is 1.78. The third kappa shape index (κ3) is 3.84. The molecule has 1 atom stereocenters. The number of alkyl halides is 4. The number of ether oxygens (including phenoxy) is 1. The number of halogens is 4. The molecule has 0 saturated carbocycles. The predicted octanol–water partition coefficient (Wildman–Crippen LogP) is 2.20. The van der Waals surface area contributed by atoms with E-state index in [1.165, 1.54) is 13.1 Å². The maximum atomic E-state index is 12.9. The van der Waals surface area contributed by atoms with Crippen LogP contribution in [0.25, 0.3) is 0 Å². The quantitative estimate of drug-likeness (QED) is 0.807. The fourth-order valence-electron chi connectivity index (χ4n) is 1.29. The predicted molar refractivity (Wildman–Crippen MR) is 65.2 cm³/mol. The molecular formula is C11H11BrF3NO3. The van der Waals surface area contributed by atoms with Gasteiger partial charge in [-0.3, -0.25) is 4.79 Å². The molecule has 0 saturated heterocycles. The number of carbonyl (C=O) groups excluding carboxylic acids is 1. The molecule has 0 bridgehead atoms. The van der Waals surface area contributed by atoms with Crippen LogP contribution in [0.15, 0.2) is 18.2 Å². The minimum atomic E-state index is -4.38. The molecule has 0 aliphatic heterocycles. The Hall–Kier alpha value is -1.28. The van der Waals surface area contributed by atoms with Crippen molar-refractivity contribution in [2.45, 2.75) is 17.8 Å². The molecule has 1 amide bonds. The molecule has 0 aromatic heterocycles. The zero-order valence-electron chi connectivity index (χ0n) is 9.79. The van der Waals surface area contributed by atoms with E-state index in [-0.39, 0.29) is 5.56 Å². The van der Waals surface area contributed by atoms with Gasteiger partial charge in [-0.2, -0.15) is 8.78 Å². The SMILES string of the molecule is CNC(=O)c1cc(OC(F)(F)C(O)F)ccc1CBr. The van der Waals surface area contributed by atoms with Gasteiger partial charge in [0.1, 0.15) is 5.75 Å². The molecule has 0 aliphatic carbocycles. The summed E-state index contributed by atoms with van der Waals surface area (Å²) < 4.78 is 42.0. The molecule has 2 N–H and O–H groups in total. The van der Waals surface area contributed by atoms with Gasteiger partial charge in [-0.05, 0) is 17.7 Å². The van der Waals surface area contributed by atoms with Crippen molar-refractivity contribution in [2.75, 3.05) is 7.05 Å². The molecule has 19 heavy (non-hydrogen) atoms. The van der Waals surface area contributed by atoms with Crippen LogP contribution in [0.3, 0.4) is 0 Å². The summed E-state index contributed by atoms with van der Waals surface area (Å²) in [7, 11) is 1.38. The summed E-state index contributed by atoms with van der Waals surface area (Å²) in [6, 6.07) is 3.58. The Morgan fingerprint density at radius 2 is 2.21 bits per heavy atom. The zero-order chi connectivity index (χ0) is 14.6. The highest BCUT2D eigenvalue weighted by Gasteiger charge is 2.42. The molecule has 0 fully saturated rings. The molecule has 1 rings (SSSR count). The average molecular weight is 342 g/mol. The Labute approximate surface area is 115 Å². The molecule has 1 aromatic rings. The molecule has 0 radical (unpaired) electrons. The first-order valence-corrected chi connectivity index (χ1v) is 6.24. The van der Waals surface area contributed by atoms with E-state index in [2.05, 4.69) is 26.0 Å². The van der Waals surface area contributed by atoms with Crippen LogP contribution in [0.1, 0.15) is 15.9 Å². The molecule has 106 valence electrons. The number of amides is 1. The summed E-state index contributed by atoms with van der Waals surface area (Å²) in [6.45, 7) is 0.